The first kappa shape index (κ1) is 7.46. The highest BCUT2D eigenvalue weighted by Gasteiger charge is 2.13. The average Bonchev–Trinajstić information content (AvgIpc) is 2.43. The minimum absolute atomic E-state index is 0.633. The van der Waals surface area contributed by atoms with E-state index in [0.29, 0.717) is 5.92 Å². The molecule has 0 bridgehead atoms. The molecule has 0 saturated carbocycles. The van der Waals surface area contributed by atoms with Crippen molar-refractivity contribution in [3.05, 3.63) is 11.4 Å². The van der Waals surface area contributed by atoms with Gasteiger partial charge in [-0.3, -0.25) is 0 Å². The van der Waals surface area contributed by atoms with Crippen LogP contribution in [0.15, 0.2) is 5.57 Å². The lowest BCUT2D eigenvalue weighted by atomic mass is 10.00. The molecule has 1 aromatic rings. The Morgan fingerprint density at radius 2 is 2.42 bits per heavy atom. The Bertz CT molecular complexity index is 313. The summed E-state index contributed by atoms with van der Waals surface area (Å²) < 4.78 is 1.85. The van der Waals surface area contributed by atoms with Crippen LogP contribution in [0.3, 0.4) is 0 Å². The first-order valence-corrected chi connectivity index (χ1v) is 4.22. The van der Waals surface area contributed by atoms with Gasteiger partial charge in [0, 0.05) is 6.54 Å². The van der Waals surface area contributed by atoms with Gasteiger partial charge in [0.2, 0.25) is 0 Å². The molecule has 2 heterocycles. The van der Waals surface area contributed by atoms with Gasteiger partial charge in [-0.2, -0.15) is 0 Å². The molecule has 64 valence electrons. The number of aryl methyl sites for hydroxylation is 1. The molecule has 0 aliphatic carbocycles. The van der Waals surface area contributed by atoms with Crippen LogP contribution < -0.4 is 0 Å². The molecule has 0 saturated heterocycles. The van der Waals surface area contributed by atoms with Crippen LogP contribution in [0.5, 0.6) is 0 Å². The third kappa shape index (κ3) is 1.13. The van der Waals surface area contributed by atoms with E-state index >= 15 is 0 Å². The molecule has 4 heteroatoms. The summed E-state index contributed by atoms with van der Waals surface area (Å²) in [6, 6.07) is 0. The van der Waals surface area contributed by atoms with Crippen LogP contribution in [0, 0.1) is 5.92 Å². The van der Waals surface area contributed by atoms with Crippen LogP contribution in [0.25, 0.3) is 6.08 Å². The zero-order valence-electron chi connectivity index (χ0n) is 7.36. The van der Waals surface area contributed by atoms with Gasteiger partial charge in [-0.25, -0.2) is 4.68 Å². The van der Waals surface area contributed by atoms with E-state index < -0.39 is 0 Å². The maximum atomic E-state index is 3.93. The summed E-state index contributed by atoms with van der Waals surface area (Å²) in [5.41, 5.74) is 1.36. The van der Waals surface area contributed by atoms with E-state index in [1.165, 1.54) is 5.57 Å². The summed E-state index contributed by atoms with van der Waals surface area (Å²) in [5.74, 6) is 1.52. The molecule has 0 radical (unpaired) electrons. The number of allylic oxidation sites excluding steroid dienone is 1. The Morgan fingerprint density at radius 3 is 3.25 bits per heavy atom. The fourth-order valence-electron chi connectivity index (χ4n) is 1.36. The molecule has 1 aromatic heterocycles. The number of rotatable bonds is 0. The molecular formula is C8H12N4. The van der Waals surface area contributed by atoms with Crippen molar-refractivity contribution in [2.75, 3.05) is 0 Å². The Morgan fingerprint density at radius 1 is 1.58 bits per heavy atom. The quantitative estimate of drug-likeness (QED) is 0.577. The molecule has 1 atom stereocenters. The number of tetrazole rings is 1. The lowest BCUT2D eigenvalue weighted by Gasteiger charge is -2.06. The van der Waals surface area contributed by atoms with E-state index in [2.05, 4.69) is 35.4 Å². The predicted molar refractivity (Wildman–Crippen MR) is 45.2 cm³/mol. The topological polar surface area (TPSA) is 43.6 Å². The Balaban J connectivity index is 2.41. The third-order valence-corrected chi connectivity index (χ3v) is 2.47. The average molecular weight is 164 g/mol. The van der Waals surface area contributed by atoms with Crippen molar-refractivity contribution >= 4 is 6.08 Å². The number of aromatic nitrogens is 4. The number of hydrogen-bond acceptors (Lipinski definition) is 3. The van der Waals surface area contributed by atoms with Crippen LogP contribution >= 0.6 is 0 Å². The summed E-state index contributed by atoms with van der Waals surface area (Å²) in [5, 5.41) is 11.4. The second-order valence-corrected chi connectivity index (χ2v) is 3.34. The smallest absolute Gasteiger partial charge is 0.174 e. The second-order valence-electron chi connectivity index (χ2n) is 3.34. The molecule has 1 aliphatic heterocycles. The zero-order chi connectivity index (χ0) is 8.55. The fraction of sp³-hybridized carbons (Fsp3) is 0.625. The van der Waals surface area contributed by atoms with Gasteiger partial charge >= 0.3 is 0 Å². The number of hydrogen-bond donors (Lipinski definition) is 0. The largest absolute Gasteiger partial charge is 0.226 e. The molecular weight excluding hydrogens is 152 g/mol. The van der Waals surface area contributed by atoms with Crippen LogP contribution in [0.4, 0.5) is 0 Å². The van der Waals surface area contributed by atoms with Gasteiger partial charge in [-0.15, -0.1) is 5.10 Å². The standard InChI is InChI=1S/C8H12N4/c1-6-3-4-12-8(5-7(6)2)9-10-11-12/h5-6H,3-4H2,1-2H3. The van der Waals surface area contributed by atoms with Crippen LogP contribution in [0.1, 0.15) is 26.1 Å². The number of nitrogens with zero attached hydrogens (tertiary/aromatic N) is 4. The molecule has 2 rings (SSSR count). The van der Waals surface area contributed by atoms with E-state index in [4.69, 9.17) is 0 Å². The highest BCUT2D eigenvalue weighted by atomic mass is 15.5. The van der Waals surface area contributed by atoms with E-state index in [-0.39, 0.29) is 0 Å². The van der Waals surface area contributed by atoms with Crippen LogP contribution in [0.2, 0.25) is 0 Å². The molecule has 1 unspecified atom stereocenters. The predicted octanol–water partition coefficient (Wildman–Crippen LogP) is 1.12. The van der Waals surface area contributed by atoms with E-state index in [0.717, 1.165) is 18.8 Å². The SMILES string of the molecule is CC1=Cc2nnnn2CCC1C. The molecule has 1 aliphatic rings. The normalized spacial score (nSPS) is 22.8. The van der Waals surface area contributed by atoms with E-state index in [9.17, 15) is 0 Å². The molecule has 0 aromatic carbocycles. The summed E-state index contributed by atoms with van der Waals surface area (Å²) in [6.07, 6.45) is 3.19. The first-order chi connectivity index (χ1) is 5.77. The van der Waals surface area contributed by atoms with Crippen LogP contribution in [-0.4, -0.2) is 20.2 Å². The molecule has 0 fully saturated rings. The maximum absolute atomic E-state index is 3.93. The highest BCUT2D eigenvalue weighted by molar-refractivity contribution is 5.45. The highest BCUT2D eigenvalue weighted by Crippen LogP contribution is 2.20. The monoisotopic (exact) mass is 164 g/mol. The molecule has 0 N–H and O–H groups in total. The van der Waals surface area contributed by atoms with Crippen molar-refractivity contribution in [3.8, 4) is 0 Å². The fourth-order valence-corrected chi connectivity index (χ4v) is 1.36. The summed E-state index contributed by atoms with van der Waals surface area (Å²) in [6.45, 7) is 5.29. The van der Waals surface area contributed by atoms with Crippen molar-refractivity contribution in [3.63, 3.8) is 0 Å². The van der Waals surface area contributed by atoms with Crippen molar-refractivity contribution < 1.29 is 0 Å². The van der Waals surface area contributed by atoms with Crippen molar-refractivity contribution in [2.24, 2.45) is 5.92 Å². The lowest BCUT2D eigenvalue weighted by Crippen LogP contribution is -2.03. The van der Waals surface area contributed by atoms with Crippen molar-refractivity contribution in [1.29, 1.82) is 0 Å². The summed E-state index contributed by atoms with van der Waals surface area (Å²) in [7, 11) is 0. The molecule has 0 spiro atoms. The molecule has 4 nitrogen and oxygen atoms in total. The van der Waals surface area contributed by atoms with Gasteiger partial charge in [-0.1, -0.05) is 12.5 Å². The molecule has 0 amide bonds. The van der Waals surface area contributed by atoms with Crippen molar-refractivity contribution in [1.82, 2.24) is 20.2 Å². The van der Waals surface area contributed by atoms with Gasteiger partial charge in [-0.05, 0) is 35.8 Å². The third-order valence-electron chi connectivity index (χ3n) is 2.47. The van der Waals surface area contributed by atoms with Gasteiger partial charge in [0.15, 0.2) is 5.82 Å². The van der Waals surface area contributed by atoms with E-state index in [1.807, 2.05) is 4.68 Å². The van der Waals surface area contributed by atoms with Gasteiger partial charge < -0.3 is 0 Å². The Labute approximate surface area is 71.3 Å². The van der Waals surface area contributed by atoms with Crippen LogP contribution in [-0.2, 0) is 6.54 Å². The maximum Gasteiger partial charge on any atom is 0.174 e. The molecule has 12 heavy (non-hydrogen) atoms. The Kier molecular flexibility index (Phi) is 1.67. The number of fused-ring (bicyclic) bond motifs is 1. The minimum Gasteiger partial charge on any atom is -0.226 e. The lowest BCUT2D eigenvalue weighted by molar-refractivity contribution is 0.500. The first-order valence-electron chi connectivity index (χ1n) is 4.22. The van der Waals surface area contributed by atoms with Crippen molar-refractivity contribution in [2.45, 2.75) is 26.8 Å². The zero-order valence-corrected chi connectivity index (χ0v) is 7.36. The second kappa shape index (κ2) is 2.69. The van der Waals surface area contributed by atoms with Gasteiger partial charge in [0.1, 0.15) is 0 Å². The Hall–Kier alpha value is -1.19. The minimum atomic E-state index is 0.633. The summed E-state index contributed by atoms with van der Waals surface area (Å²) in [4.78, 5) is 0. The van der Waals surface area contributed by atoms with Gasteiger partial charge in [0.25, 0.3) is 0 Å². The van der Waals surface area contributed by atoms with E-state index in [1.54, 1.807) is 0 Å². The van der Waals surface area contributed by atoms with Gasteiger partial charge in [0.05, 0.1) is 0 Å². The summed E-state index contributed by atoms with van der Waals surface area (Å²) >= 11 is 0.